The quantitative estimate of drug-likeness (QED) is 0.719. The lowest BCUT2D eigenvalue weighted by Gasteiger charge is -2.17. The molecular formula is C9H17N5O. The monoisotopic (exact) mass is 211 g/mol. The fraction of sp³-hybridized carbons (Fsp3) is 0.667. The van der Waals surface area contributed by atoms with E-state index in [-0.39, 0.29) is 12.5 Å². The van der Waals surface area contributed by atoms with Gasteiger partial charge in [0, 0.05) is 19.6 Å². The molecule has 1 amide bonds. The molecule has 84 valence electrons. The molecule has 1 aromatic heterocycles. The number of rotatable bonds is 5. The summed E-state index contributed by atoms with van der Waals surface area (Å²) in [5.74, 6) is 0.0495. The van der Waals surface area contributed by atoms with E-state index >= 15 is 0 Å². The molecular weight excluding hydrogens is 194 g/mol. The molecule has 0 saturated heterocycles. The van der Waals surface area contributed by atoms with E-state index < -0.39 is 0 Å². The Balaban J connectivity index is 2.57. The van der Waals surface area contributed by atoms with E-state index in [9.17, 15) is 4.79 Å². The molecule has 0 aliphatic rings. The van der Waals surface area contributed by atoms with Crippen LogP contribution < -0.4 is 5.73 Å². The summed E-state index contributed by atoms with van der Waals surface area (Å²) in [7, 11) is 0. The Kier molecular flexibility index (Phi) is 4.23. The van der Waals surface area contributed by atoms with Crippen LogP contribution in [0.15, 0.2) is 6.20 Å². The highest BCUT2D eigenvalue weighted by atomic mass is 16.2. The van der Waals surface area contributed by atoms with Gasteiger partial charge in [-0.2, -0.15) is 0 Å². The largest absolute Gasteiger partial charge is 0.342 e. The first-order chi connectivity index (χ1) is 7.21. The van der Waals surface area contributed by atoms with Gasteiger partial charge in [0.15, 0.2) is 0 Å². The smallest absolute Gasteiger partial charge is 0.244 e. The molecule has 6 nitrogen and oxygen atoms in total. The molecule has 2 N–H and O–H groups in total. The minimum Gasteiger partial charge on any atom is -0.342 e. The molecule has 0 aromatic carbocycles. The molecule has 0 bridgehead atoms. The summed E-state index contributed by atoms with van der Waals surface area (Å²) in [6, 6.07) is 0. The van der Waals surface area contributed by atoms with Crippen molar-refractivity contribution in [2.24, 2.45) is 5.73 Å². The highest BCUT2D eigenvalue weighted by Gasteiger charge is 2.10. The molecule has 1 rings (SSSR count). The van der Waals surface area contributed by atoms with E-state index in [0.717, 1.165) is 0 Å². The van der Waals surface area contributed by atoms with Gasteiger partial charge in [0.2, 0.25) is 5.91 Å². The first-order valence-corrected chi connectivity index (χ1v) is 5.08. The number of hydrogen-bond donors (Lipinski definition) is 1. The maximum atomic E-state index is 11.7. The molecule has 0 aliphatic carbocycles. The van der Waals surface area contributed by atoms with Crippen molar-refractivity contribution >= 4 is 5.91 Å². The summed E-state index contributed by atoms with van der Waals surface area (Å²) in [6.07, 6.45) is 1.70. The van der Waals surface area contributed by atoms with Gasteiger partial charge in [-0.05, 0) is 13.8 Å². The molecule has 0 fully saturated rings. The second-order valence-corrected chi connectivity index (χ2v) is 3.18. The van der Waals surface area contributed by atoms with Crippen LogP contribution >= 0.6 is 0 Å². The average molecular weight is 211 g/mol. The van der Waals surface area contributed by atoms with Crippen molar-refractivity contribution in [1.29, 1.82) is 0 Å². The van der Waals surface area contributed by atoms with Gasteiger partial charge in [0.25, 0.3) is 0 Å². The predicted molar refractivity (Wildman–Crippen MR) is 55.8 cm³/mol. The minimum atomic E-state index is 0.0495. The minimum absolute atomic E-state index is 0.0495. The molecule has 0 radical (unpaired) electrons. The summed E-state index contributed by atoms with van der Waals surface area (Å²) in [6.45, 7) is 5.91. The standard InChI is InChI=1S/C9H17N5O/c1-3-13(4-2)9(15)7-14-6-8(5-10)11-12-14/h6H,3-5,7,10H2,1-2H3. The van der Waals surface area contributed by atoms with E-state index in [4.69, 9.17) is 5.73 Å². The summed E-state index contributed by atoms with van der Waals surface area (Å²) in [5.41, 5.74) is 6.09. The molecule has 15 heavy (non-hydrogen) atoms. The molecule has 0 spiro atoms. The first-order valence-electron chi connectivity index (χ1n) is 5.08. The number of aromatic nitrogens is 3. The number of amides is 1. The lowest BCUT2D eigenvalue weighted by Crippen LogP contribution is -2.33. The van der Waals surface area contributed by atoms with Gasteiger partial charge < -0.3 is 10.6 Å². The number of carbonyl (C=O) groups excluding carboxylic acids is 1. The van der Waals surface area contributed by atoms with Crippen LogP contribution in [0.2, 0.25) is 0 Å². The van der Waals surface area contributed by atoms with E-state index in [1.54, 1.807) is 11.1 Å². The number of carbonyl (C=O) groups is 1. The first kappa shape index (κ1) is 11.6. The highest BCUT2D eigenvalue weighted by Crippen LogP contribution is 1.95. The van der Waals surface area contributed by atoms with Crippen LogP contribution in [0.4, 0.5) is 0 Å². The molecule has 1 heterocycles. The van der Waals surface area contributed by atoms with E-state index in [1.165, 1.54) is 4.68 Å². The second-order valence-electron chi connectivity index (χ2n) is 3.18. The second kappa shape index (κ2) is 5.45. The fourth-order valence-corrected chi connectivity index (χ4v) is 1.32. The van der Waals surface area contributed by atoms with Gasteiger partial charge in [-0.3, -0.25) is 4.79 Å². The number of nitrogens with zero attached hydrogens (tertiary/aromatic N) is 4. The van der Waals surface area contributed by atoms with Crippen molar-refractivity contribution in [2.75, 3.05) is 13.1 Å². The van der Waals surface area contributed by atoms with E-state index in [1.807, 2.05) is 13.8 Å². The van der Waals surface area contributed by atoms with Gasteiger partial charge in [0.1, 0.15) is 6.54 Å². The maximum Gasteiger partial charge on any atom is 0.244 e. The zero-order valence-corrected chi connectivity index (χ0v) is 9.18. The Morgan fingerprint density at radius 2 is 2.20 bits per heavy atom. The maximum absolute atomic E-state index is 11.7. The van der Waals surface area contributed by atoms with Crippen molar-refractivity contribution in [3.05, 3.63) is 11.9 Å². The SMILES string of the molecule is CCN(CC)C(=O)Cn1cc(CN)nn1. The molecule has 0 saturated carbocycles. The van der Waals surface area contributed by atoms with Gasteiger partial charge in [-0.25, -0.2) is 4.68 Å². The van der Waals surface area contributed by atoms with Crippen LogP contribution in [0.5, 0.6) is 0 Å². The van der Waals surface area contributed by atoms with Crippen molar-refractivity contribution in [2.45, 2.75) is 26.9 Å². The molecule has 6 heteroatoms. The third-order valence-corrected chi connectivity index (χ3v) is 2.21. The normalized spacial score (nSPS) is 10.3. The van der Waals surface area contributed by atoms with Gasteiger partial charge in [-0.15, -0.1) is 5.10 Å². The Labute approximate surface area is 89.0 Å². The van der Waals surface area contributed by atoms with Crippen LogP contribution in [0, 0.1) is 0 Å². The van der Waals surface area contributed by atoms with E-state index in [2.05, 4.69) is 10.3 Å². The molecule has 0 atom stereocenters. The topological polar surface area (TPSA) is 77.0 Å². The number of likely N-dealkylation sites (N-methyl/N-ethyl adjacent to an activating group) is 1. The zero-order valence-electron chi connectivity index (χ0n) is 9.18. The molecule has 1 aromatic rings. The van der Waals surface area contributed by atoms with Crippen molar-refractivity contribution in [3.8, 4) is 0 Å². The third kappa shape index (κ3) is 3.02. The highest BCUT2D eigenvalue weighted by molar-refractivity contribution is 5.75. The van der Waals surface area contributed by atoms with Crippen LogP contribution in [0.1, 0.15) is 19.5 Å². The number of hydrogen-bond acceptors (Lipinski definition) is 4. The lowest BCUT2D eigenvalue weighted by molar-refractivity contribution is -0.131. The summed E-state index contributed by atoms with van der Waals surface area (Å²) >= 11 is 0. The Hall–Kier alpha value is -1.43. The van der Waals surface area contributed by atoms with Crippen LogP contribution in [-0.2, 0) is 17.9 Å². The van der Waals surface area contributed by atoms with Crippen LogP contribution in [0.25, 0.3) is 0 Å². The van der Waals surface area contributed by atoms with Crippen molar-refractivity contribution in [3.63, 3.8) is 0 Å². The van der Waals surface area contributed by atoms with Crippen molar-refractivity contribution in [1.82, 2.24) is 19.9 Å². The Bertz CT molecular complexity index is 318. The lowest BCUT2D eigenvalue weighted by atomic mass is 10.4. The third-order valence-electron chi connectivity index (χ3n) is 2.21. The summed E-state index contributed by atoms with van der Waals surface area (Å²) < 4.78 is 1.52. The van der Waals surface area contributed by atoms with Crippen molar-refractivity contribution < 1.29 is 4.79 Å². The van der Waals surface area contributed by atoms with Crippen LogP contribution in [0.3, 0.4) is 0 Å². The average Bonchev–Trinajstić information content (AvgIpc) is 2.67. The fourth-order valence-electron chi connectivity index (χ4n) is 1.32. The van der Waals surface area contributed by atoms with Gasteiger partial charge in [-0.1, -0.05) is 5.21 Å². The van der Waals surface area contributed by atoms with Crippen LogP contribution in [-0.4, -0.2) is 38.9 Å². The summed E-state index contributed by atoms with van der Waals surface area (Å²) in [4.78, 5) is 13.4. The Morgan fingerprint density at radius 1 is 1.53 bits per heavy atom. The molecule has 0 unspecified atom stereocenters. The van der Waals surface area contributed by atoms with E-state index in [0.29, 0.717) is 25.3 Å². The number of nitrogens with two attached hydrogens (primary N) is 1. The van der Waals surface area contributed by atoms with Gasteiger partial charge >= 0.3 is 0 Å². The van der Waals surface area contributed by atoms with Gasteiger partial charge in [0.05, 0.1) is 11.9 Å². The predicted octanol–water partition coefficient (Wildman–Crippen LogP) is -0.395. The molecule has 0 aliphatic heterocycles. The summed E-state index contributed by atoms with van der Waals surface area (Å²) in [5, 5.41) is 7.63. The Morgan fingerprint density at radius 3 is 2.67 bits per heavy atom. The zero-order chi connectivity index (χ0) is 11.3.